The number of benzene rings is 1. The van der Waals surface area contributed by atoms with E-state index < -0.39 is 11.8 Å². The average molecular weight is 417 g/mol. The number of hydrogen-bond acceptors (Lipinski definition) is 4. The highest BCUT2D eigenvalue weighted by molar-refractivity contribution is 9.10. The van der Waals surface area contributed by atoms with Crippen molar-refractivity contribution in [3.05, 3.63) is 33.8 Å². The number of nitrogens with one attached hydrogen (secondary N) is 2. The van der Waals surface area contributed by atoms with Gasteiger partial charge in [-0.25, -0.2) is 0 Å². The van der Waals surface area contributed by atoms with Crippen LogP contribution in [-0.4, -0.2) is 48.8 Å². The number of carbonyl (C=O) groups is 3. The Labute approximate surface area is 154 Å². The summed E-state index contributed by atoms with van der Waals surface area (Å²) >= 11 is 3.28. The van der Waals surface area contributed by atoms with Gasteiger partial charge in [-0.15, -0.1) is 12.4 Å². The lowest BCUT2D eigenvalue weighted by Gasteiger charge is -2.14. The second-order valence-corrected chi connectivity index (χ2v) is 6.80. The van der Waals surface area contributed by atoms with E-state index in [4.69, 9.17) is 0 Å². The van der Waals surface area contributed by atoms with E-state index in [2.05, 4.69) is 26.6 Å². The largest absolute Gasteiger partial charge is 0.355 e. The molecule has 0 aromatic heterocycles. The summed E-state index contributed by atoms with van der Waals surface area (Å²) in [5, 5.41) is 6.07. The molecule has 1 aromatic rings. The Kier molecular flexibility index (Phi) is 6.37. The van der Waals surface area contributed by atoms with Crippen molar-refractivity contribution in [1.29, 1.82) is 0 Å². The molecule has 1 fully saturated rings. The molecule has 3 amide bonds. The van der Waals surface area contributed by atoms with Gasteiger partial charge in [0.2, 0.25) is 5.91 Å². The van der Waals surface area contributed by atoms with Gasteiger partial charge in [-0.2, -0.15) is 0 Å². The number of carbonyl (C=O) groups excluding carboxylic acids is 3. The average Bonchev–Trinajstić information content (AvgIpc) is 3.11. The summed E-state index contributed by atoms with van der Waals surface area (Å²) < 4.78 is 0.730. The topological polar surface area (TPSA) is 78.5 Å². The van der Waals surface area contributed by atoms with Crippen LogP contribution in [0.4, 0.5) is 0 Å². The number of fused-ring (bicyclic) bond motifs is 1. The van der Waals surface area contributed by atoms with Gasteiger partial charge in [0.05, 0.1) is 11.1 Å². The van der Waals surface area contributed by atoms with Crippen molar-refractivity contribution in [3.63, 3.8) is 0 Å². The lowest BCUT2D eigenvalue weighted by Crippen LogP contribution is -2.40. The molecule has 0 radical (unpaired) electrons. The van der Waals surface area contributed by atoms with Crippen molar-refractivity contribution < 1.29 is 14.4 Å². The van der Waals surface area contributed by atoms with Gasteiger partial charge in [0.1, 0.15) is 6.54 Å². The first-order chi connectivity index (χ1) is 11.1. The first kappa shape index (κ1) is 18.9. The molecule has 0 saturated carbocycles. The Morgan fingerprint density at radius 1 is 1.29 bits per heavy atom. The Bertz CT molecular complexity index is 662. The molecular weight excluding hydrogens is 398 g/mol. The highest BCUT2D eigenvalue weighted by atomic mass is 79.9. The fourth-order valence-corrected chi connectivity index (χ4v) is 3.34. The van der Waals surface area contributed by atoms with E-state index in [0.29, 0.717) is 23.6 Å². The first-order valence-electron chi connectivity index (χ1n) is 7.69. The van der Waals surface area contributed by atoms with Crippen molar-refractivity contribution in [1.82, 2.24) is 15.5 Å². The number of hydrogen-bond donors (Lipinski definition) is 2. The van der Waals surface area contributed by atoms with Crippen molar-refractivity contribution in [3.8, 4) is 0 Å². The van der Waals surface area contributed by atoms with E-state index in [-0.39, 0.29) is 24.9 Å². The van der Waals surface area contributed by atoms with Crippen LogP contribution in [0.5, 0.6) is 0 Å². The summed E-state index contributed by atoms with van der Waals surface area (Å²) in [5.41, 5.74) is 0.692. The molecule has 2 aliphatic heterocycles. The van der Waals surface area contributed by atoms with E-state index in [1.165, 1.54) is 0 Å². The second-order valence-electron chi connectivity index (χ2n) is 5.88. The summed E-state index contributed by atoms with van der Waals surface area (Å²) in [4.78, 5) is 37.5. The molecule has 2 N–H and O–H groups in total. The number of amides is 3. The van der Waals surface area contributed by atoms with E-state index in [1.807, 2.05) is 0 Å². The van der Waals surface area contributed by atoms with E-state index >= 15 is 0 Å². The molecule has 2 heterocycles. The molecule has 1 aromatic carbocycles. The highest BCUT2D eigenvalue weighted by Crippen LogP contribution is 2.25. The van der Waals surface area contributed by atoms with Crippen LogP contribution in [0.3, 0.4) is 0 Å². The standard InChI is InChI=1S/C16H18BrN3O3.ClH/c17-11-1-2-12-13(7-11)16(23)20(15(12)22)9-14(21)19-6-4-10-3-5-18-8-10;/h1-2,7,10,18H,3-6,8-9H2,(H,19,21);1H. The summed E-state index contributed by atoms with van der Waals surface area (Å²) in [6, 6.07) is 4.93. The van der Waals surface area contributed by atoms with Crippen molar-refractivity contribution in [2.45, 2.75) is 12.8 Å². The van der Waals surface area contributed by atoms with Crippen LogP contribution >= 0.6 is 28.3 Å². The van der Waals surface area contributed by atoms with Crippen LogP contribution < -0.4 is 10.6 Å². The molecule has 8 heteroatoms. The zero-order valence-electron chi connectivity index (χ0n) is 13.0. The Morgan fingerprint density at radius 3 is 2.75 bits per heavy atom. The third kappa shape index (κ3) is 3.96. The molecule has 1 atom stereocenters. The highest BCUT2D eigenvalue weighted by Gasteiger charge is 2.36. The van der Waals surface area contributed by atoms with Gasteiger partial charge in [0.15, 0.2) is 0 Å². The van der Waals surface area contributed by atoms with E-state index in [0.717, 1.165) is 35.3 Å². The number of halogens is 2. The summed E-state index contributed by atoms with van der Waals surface area (Å²) in [7, 11) is 0. The van der Waals surface area contributed by atoms with E-state index in [9.17, 15) is 14.4 Å². The maximum Gasteiger partial charge on any atom is 0.262 e. The van der Waals surface area contributed by atoms with Gasteiger partial charge in [-0.1, -0.05) is 15.9 Å². The smallest absolute Gasteiger partial charge is 0.262 e. The molecule has 0 bridgehead atoms. The molecular formula is C16H19BrClN3O3. The molecule has 0 spiro atoms. The van der Waals surface area contributed by atoms with Gasteiger partial charge in [0.25, 0.3) is 11.8 Å². The first-order valence-corrected chi connectivity index (χ1v) is 8.48. The minimum absolute atomic E-state index is 0. The second kappa shape index (κ2) is 8.09. The van der Waals surface area contributed by atoms with Crippen LogP contribution in [-0.2, 0) is 4.79 Å². The van der Waals surface area contributed by atoms with E-state index in [1.54, 1.807) is 18.2 Å². The predicted molar refractivity (Wildman–Crippen MR) is 95.4 cm³/mol. The molecule has 24 heavy (non-hydrogen) atoms. The minimum Gasteiger partial charge on any atom is -0.355 e. The summed E-state index contributed by atoms with van der Waals surface area (Å²) in [6.45, 7) is 2.36. The number of rotatable bonds is 5. The Balaban J connectivity index is 0.00000208. The third-order valence-electron chi connectivity index (χ3n) is 4.27. The maximum absolute atomic E-state index is 12.3. The van der Waals surface area contributed by atoms with Crippen molar-refractivity contribution in [2.24, 2.45) is 5.92 Å². The fourth-order valence-electron chi connectivity index (χ4n) is 2.98. The normalized spacial score (nSPS) is 19.2. The van der Waals surface area contributed by atoms with Crippen LogP contribution in [0.15, 0.2) is 22.7 Å². The molecule has 0 aliphatic carbocycles. The minimum atomic E-state index is -0.415. The van der Waals surface area contributed by atoms with Crippen LogP contribution in [0.2, 0.25) is 0 Å². The van der Waals surface area contributed by atoms with Crippen LogP contribution in [0.1, 0.15) is 33.6 Å². The monoisotopic (exact) mass is 415 g/mol. The van der Waals surface area contributed by atoms with Crippen molar-refractivity contribution in [2.75, 3.05) is 26.2 Å². The lowest BCUT2D eigenvalue weighted by atomic mass is 10.1. The third-order valence-corrected chi connectivity index (χ3v) is 4.76. The molecule has 2 aliphatic rings. The Morgan fingerprint density at radius 2 is 2.04 bits per heavy atom. The zero-order chi connectivity index (χ0) is 16.4. The maximum atomic E-state index is 12.3. The number of imide groups is 1. The van der Waals surface area contributed by atoms with Gasteiger partial charge in [-0.05, 0) is 50.0 Å². The fraction of sp³-hybridized carbons (Fsp3) is 0.438. The molecule has 3 rings (SSSR count). The van der Waals surface area contributed by atoms with Gasteiger partial charge in [-0.3, -0.25) is 19.3 Å². The molecule has 1 saturated heterocycles. The molecule has 130 valence electrons. The summed E-state index contributed by atoms with van der Waals surface area (Å²) in [6.07, 6.45) is 2.04. The molecule has 1 unspecified atom stereocenters. The van der Waals surface area contributed by atoms with Crippen molar-refractivity contribution >= 4 is 46.1 Å². The number of nitrogens with zero attached hydrogens (tertiary/aromatic N) is 1. The Hall–Kier alpha value is -1.44. The van der Waals surface area contributed by atoms with Crippen LogP contribution in [0.25, 0.3) is 0 Å². The predicted octanol–water partition coefficient (Wildman–Crippen LogP) is 1.58. The lowest BCUT2D eigenvalue weighted by molar-refractivity contribution is -0.121. The van der Waals surface area contributed by atoms with Gasteiger partial charge in [0, 0.05) is 11.0 Å². The van der Waals surface area contributed by atoms with Gasteiger partial charge >= 0.3 is 0 Å². The molecule has 6 nitrogen and oxygen atoms in total. The SMILES string of the molecule is Cl.O=C(CN1C(=O)c2ccc(Br)cc2C1=O)NCCC1CCNC1. The summed E-state index contributed by atoms with van der Waals surface area (Å²) in [5.74, 6) is -0.537. The van der Waals surface area contributed by atoms with Gasteiger partial charge < -0.3 is 10.6 Å². The quantitative estimate of drug-likeness (QED) is 0.715. The van der Waals surface area contributed by atoms with Crippen LogP contribution in [0, 0.1) is 5.92 Å². The zero-order valence-corrected chi connectivity index (χ0v) is 15.4.